The lowest BCUT2D eigenvalue weighted by Gasteiger charge is -2.32. The van der Waals surface area contributed by atoms with E-state index in [1.54, 1.807) is 0 Å². The number of carbonyl (C=O) groups excluding carboxylic acids is 2. The molecule has 3 rings (SSSR count). The number of piperidine rings is 1. The molecule has 1 aliphatic heterocycles. The Morgan fingerprint density at radius 3 is 2.76 bits per heavy atom. The maximum absolute atomic E-state index is 12.5. The van der Waals surface area contributed by atoms with Crippen LogP contribution in [0.25, 0.3) is 0 Å². The summed E-state index contributed by atoms with van der Waals surface area (Å²) in [7, 11) is 0. The molecule has 1 fully saturated rings. The normalized spacial score (nSPS) is 16.3. The number of amides is 2. The summed E-state index contributed by atoms with van der Waals surface area (Å²) in [6.07, 6.45) is 2.85. The zero-order chi connectivity index (χ0) is 20.5. The third-order valence-corrected chi connectivity index (χ3v) is 5.27. The number of carbonyl (C=O) groups is 2. The van der Waals surface area contributed by atoms with E-state index in [1.165, 1.54) is 11.1 Å². The van der Waals surface area contributed by atoms with E-state index in [0.717, 1.165) is 31.6 Å². The second-order valence-electron chi connectivity index (χ2n) is 7.62. The van der Waals surface area contributed by atoms with Crippen LogP contribution >= 0.6 is 0 Å². The molecule has 2 amide bonds. The number of hydrogen-bond donors (Lipinski definition) is 1. The lowest BCUT2D eigenvalue weighted by atomic mass is 9.96. The molecule has 2 aromatic carbocycles. The summed E-state index contributed by atoms with van der Waals surface area (Å²) in [5.74, 6) is 0.749. The van der Waals surface area contributed by atoms with Gasteiger partial charge in [0.2, 0.25) is 11.8 Å². The maximum Gasteiger partial charge on any atom is 0.226 e. The van der Waals surface area contributed by atoms with E-state index in [9.17, 15) is 9.59 Å². The lowest BCUT2D eigenvalue weighted by Crippen LogP contribution is -2.46. The first-order valence-corrected chi connectivity index (χ1v) is 10.4. The molecule has 29 heavy (non-hydrogen) atoms. The van der Waals surface area contributed by atoms with Gasteiger partial charge in [0, 0.05) is 19.6 Å². The summed E-state index contributed by atoms with van der Waals surface area (Å²) in [5.41, 5.74) is 2.45. The second kappa shape index (κ2) is 10.6. The molecule has 1 N–H and O–H groups in total. The first-order valence-electron chi connectivity index (χ1n) is 10.4. The molecule has 0 radical (unpaired) electrons. The van der Waals surface area contributed by atoms with Crippen LogP contribution < -0.4 is 10.1 Å². The standard InChI is InChI=1S/C24H30N2O3/c1-19-7-5-8-20(17-19)12-14-25-24(28)21-9-6-15-26(18-21)23(27)13-16-29-22-10-3-2-4-11-22/h2-5,7-8,10-11,17,21H,6,9,12-16,18H2,1H3,(H,25,28). The van der Waals surface area contributed by atoms with Crippen molar-refractivity contribution in [1.29, 1.82) is 0 Å². The molecule has 5 heteroatoms. The summed E-state index contributed by atoms with van der Waals surface area (Å²) in [5, 5.41) is 3.04. The number of benzene rings is 2. The van der Waals surface area contributed by atoms with Crippen LogP contribution in [0.1, 0.15) is 30.4 Å². The number of para-hydroxylation sites is 1. The fourth-order valence-corrected chi connectivity index (χ4v) is 3.69. The van der Waals surface area contributed by atoms with E-state index in [-0.39, 0.29) is 17.7 Å². The molecule has 5 nitrogen and oxygen atoms in total. The molecule has 1 heterocycles. The zero-order valence-corrected chi connectivity index (χ0v) is 17.1. The average Bonchev–Trinajstić information content (AvgIpc) is 2.74. The van der Waals surface area contributed by atoms with Gasteiger partial charge in [0.05, 0.1) is 18.9 Å². The monoisotopic (exact) mass is 394 g/mol. The quantitative estimate of drug-likeness (QED) is 0.747. The Labute approximate surface area is 173 Å². The fourth-order valence-electron chi connectivity index (χ4n) is 3.69. The van der Waals surface area contributed by atoms with Crippen molar-refractivity contribution in [2.24, 2.45) is 5.92 Å². The van der Waals surface area contributed by atoms with Crippen LogP contribution in [0.2, 0.25) is 0 Å². The predicted octanol–water partition coefficient (Wildman–Crippen LogP) is 3.36. The Kier molecular flexibility index (Phi) is 7.68. The van der Waals surface area contributed by atoms with Crippen LogP contribution in [0.3, 0.4) is 0 Å². The van der Waals surface area contributed by atoms with Gasteiger partial charge in [-0.1, -0.05) is 48.0 Å². The van der Waals surface area contributed by atoms with Gasteiger partial charge >= 0.3 is 0 Å². The molecular weight excluding hydrogens is 364 g/mol. The van der Waals surface area contributed by atoms with E-state index in [4.69, 9.17) is 4.74 Å². The highest BCUT2D eigenvalue weighted by Crippen LogP contribution is 2.18. The minimum Gasteiger partial charge on any atom is -0.493 e. The van der Waals surface area contributed by atoms with E-state index in [1.807, 2.05) is 41.3 Å². The minimum atomic E-state index is -0.125. The van der Waals surface area contributed by atoms with Gasteiger partial charge in [-0.05, 0) is 43.9 Å². The van der Waals surface area contributed by atoms with Gasteiger partial charge < -0.3 is 15.0 Å². The van der Waals surface area contributed by atoms with E-state index in [0.29, 0.717) is 26.1 Å². The molecular formula is C24H30N2O3. The van der Waals surface area contributed by atoms with Gasteiger partial charge in [-0.2, -0.15) is 0 Å². The predicted molar refractivity (Wildman–Crippen MR) is 114 cm³/mol. The van der Waals surface area contributed by atoms with Crippen molar-refractivity contribution >= 4 is 11.8 Å². The van der Waals surface area contributed by atoms with Crippen LogP contribution in [0.4, 0.5) is 0 Å². The molecule has 154 valence electrons. The van der Waals surface area contributed by atoms with Crippen molar-refractivity contribution in [2.75, 3.05) is 26.2 Å². The Morgan fingerprint density at radius 1 is 1.14 bits per heavy atom. The van der Waals surface area contributed by atoms with Crippen molar-refractivity contribution in [3.63, 3.8) is 0 Å². The molecule has 1 saturated heterocycles. The van der Waals surface area contributed by atoms with E-state index in [2.05, 4.69) is 30.4 Å². The van der Waals surface area contributed by atoms with Crippen LogP contribution in [0.15, 0.2) is 54.6 Å². The second-order valence-corrected chi connectivity index (χ2v) is 7.62. The summed E-state index contributed by atoms with van der Waals surface area (Å²) in [4.78, 5) is 26.9. The number of ether oxygens (including phenoxy) is 1. The Morgan fingerprint density at radius 2 is 1.97 bits per heavy atom. The highest BCUT2D eigenvalue weighted by atomic mass is 16.5. The van der Waals surface area contributed by atoms with Gasteiger partial charge in [-0.25, -0.2) is 0 Å². The van der Waals surface area contributed by atoms with Crippen LogP contribution in [-0.4, -0.2) is 43.0 Å². The maximum atomic E-state index is 12.5. The van der Waals surface area contributed by atoms with Crippen LogP contribution in [0, 0.1) is 12.8 Å². The van der Waals surface area contributed by atoms with Crippen molar-refractivity contribution in [3.8, 4) is 5.75 Å². The zero-order valence-electron chi connectivity index (χ0n) is 17.1. The number of aryl methyl sites for hydroxylation is 1. The van der Waals surface area contributed by atoms with E-state index < -0.39 is 0 Å². The molecule has 0 saturated carbocycles. The van der Waals surface area contributed by atoms with Crippen molar-refractivity contribution < 1.29 is 14.3 Å². The van der Waals surface area contributed by atoms with Crippen molar-refractivity contribution in [2.45, 2.75) is 32.6 Å². The molecule has 1 atom stereocenters. The summed E-state index contributed by atoms with van der Waals surface area (Å²) in [6, 6.07) is 17.8. The van der Waals surface area contributed by atoms with Gasteiger partial charge in [0.25, 0.3) is 0 Å². The van der Waals surface area contributed by atoms with Gasteiger partial charge in [0.1, 0.15) is 5.75 Å². The molecule has 2 aromatic rings. The minimum absolute atomic E-state index is 0.0516. The molecule has 0 spiro atoms. The SMILES string of the molecule is Cc1cccc(CCNC(=O)C2CCCN(C(=O)CCOc3ccccc3)C2)c1. The third-order valence-electron chi connectivity index (χ3n) is 5.27. The number of hydrogen-bond acceptors (Lipinski definition) is 3. The largest absolute Gasteiger partial charge is 0.493 e. The highest BCUT2D eigenvalue weighted by Gasteiger charge is 2.28. The summed E-state index contributed by atoms with van der Waals surface area (Å²) < 4.78 is 5.62. The number of nitrogens with zero attached hydrogens (tertiary/aromatic N) is 1. The molecule has 0 aromatic heterocycles. The Balaban J connectivity index is 1.39. The Hall–Kier alpha value is -2.82. The van der Waals surface area contributed by atoms with Gasteiger partial charge in [-0.3, -0.25) is 9.59 Å². The highest BCUT2D eigenvalue weighted by molar-refractivity contribution is 5.81. The van der Waals surface area contributed by atoms with Crippen LogP contribution in [-0.2, 0) is 16.0 Å². The number of nitrogens with one attached hydrogen (secondary N) is 1. The van der Waals surface area contributed by atoms with E-state index >= 15 is 0 Å². The van der Waals surface area contributed by atoms with Crippen LogP contribution in [0.5, 0.6) is 5.75 Å². The molecule has 1 unspecified atom stereocenters. The topological polar surface area (TPSA) is 58.6 Å². The number of rotatable bonds is 8. The first kappa shape index (κ1) is 20.9. The summed E-state index contributed by atoms with van der Waals surface area (Å²) in [6.45, 7) is 4.27. The lowest BCUT2D eigenvalue weighted by molar-refractivity contribution is -0.136. The third kappa shape index (κ3) is 6.63. The molecule has 0 bridgehead atoms. The van der Waals surface area contributed by atoms with Gasteiger partial charge in [-0.15, -0.1) is 0 Å². The average molecular weight is 395 g/mol. The Bertz CT molecular complexity index is 807. The molecule has 0 aliphatic carbocycles. The summed E-state index contributed by atoms with van der Waals surface area (Å²) >= 11 is 0. The molecule has 1 aliphatic rings. The number of likely N-dealkylation sites (tertiary alicyclic amines) is 1. The van der Waals surface area contributed by atoms with Gasteiger partial charge in [0.15, 0.2) is 0 Å². The fraction of sp³-hybridized carbons (Fsp3) is 0.417. The van der Waals surface area contributed by atoms with Crippen molar-refractivity contribution in [3.05, 3.63) is 65.7 Å². The first-order chi connectivity index (χ1) is 14.1. The van der Waals surface area contributed by atoms with Crippen molar-refractivity contribution in [1.82, 2.24) is 10.2 Å². The smallest absolute Gasteiger partial charge is 0.226 e.